The van der Waals surface area contributed by atoms with Gasteiger partial charge in [-0.15, -0.1) is 0 Å². The topological polar surface area (TPSA) is 38.3 Å². The second kappa shape index (κ2) is 7.46. The molecule has 1 aromatic carbocycles. The summed E-state index contributed by atoms with van der Waals surface area (Å²) in [6, 6.07) is 8.64. The molecule has 0 radical (unpaired) electrons. The molecule has 4 rings (SSSR count). The number of esters is 1. The fourth-order valence-electron chi connectivity index (χ4n) is 5.29. The molecule has 2 saturated carbocycles. The van der Waals surface area contributed by atoms with Gasteiger partial charge in [0, 0.05) is 18.2 Å². The number of fused-ring (bicyclic) bond motifs is 1. The van der Waals surface area contributed by atoms with E-state index in [1.54, 1.807) is 0 Å². The van der Waals surface area contributed by atoms with Gasteiger partial charge in [-0.1, -0.05) is 50.0 Å². The fraction of sp³-hybridized carbons (Fsp3) is 0.609. The number of anilines is 1. The zero-order valence-electron chi connectivity index (χ0n) is 15.8. The Kier molecular flexibility index (Phi) is 5.06. The summed E-state index contributed by atoms with van der Waals surface area (Å²) >= 11 is 0. The SMILES string of the molecule is C=C1C[C@@H]2COC(=O)[C@]2(Cc2ccc(NCCCC3CCCC3)cc2)C1. The number of carbonyl (C=O) groups is 1. The third kappa shape index (κ3) is 3.54. The molecule has 3 fully saturated rings. The molecule has 2 aliphatic carbocycles. The molecule has 0 bridgehead atoms. The van der Waals surface area contributed by atoms with Gasteiger partial charge in [0.05, 0.1) is 12.0 Å². The molecular weight excluding hydrogens is 322 g/mol. The van der Waals surface area contributed by atoms with Crippen molar-refractivity contribution < 1.29 is 9.53 Å². The van der Waals surface area contributed by atoms with Crippen LogP contribution in [0, 0.1) is 17.3 Å². The molecule has 1 saturated heterocycles. The lowest BCUT2D eigenvalue weighted by Gasteiger charge is -2.24. The summed E-state index contributed by atoms with van der Waals surface area (Å²) in [5.74, 6) is 1.27. The minimum absolute atomic E-state index is 0.0183. The minimum Gasteiger partial charge on any atom is -0.465 e. The molecule has 3 heteroatoms. The van der Waals surface area contributed by atoms with Crippen LogP contribution in [0.4, 0.5) is 5.69 Å². The lowest BCUT2D eigenvalue weighted by atomic mass is 9.75. The summed E-state index contributed by atoms with van der Waals surface area (Å²) in [4.78, 5) is 12.4. The van der Waals surface area contributed by atoms with Crippen molar-refractivity contribution in [2.75, 3.05) is 18.5 Å². The van der Waals surface area contributed by atoms with Crippen LogP contribution in [0.1, 0.15) is 56.9 Å². The van der Waals surface area contributed by atoms with Gasteiger partial charge in [-0.05, 0) is 55.7 Å². The van der Waals surface area contributed by atoms with E-state index in [2.05, 4.69) is 36.2 Å². The van der Waals surface area contributed by atoms with Crippen molar-refractivity contribution in [3.63, 3.8) is 0 Å². The predicted octanol–water partition coefficient (Wildman–Crippen LogP) is 5.12. The molecule has 1 heterocycles. The smallest absolute Gasteiger partial charge is 0.313 e. The van der Waals surface area contributed by atoms with Crippen molar-refractivity contribution in [2.24, 2.45) is 17.3 Å². The summed E-state index contributed by atoms with van der Waals surface area (Å²) in [6.45, 7) is 5.74. The third-order valence-electron chi connectivity index (χ3n) is 6.77. The Labute approximate surface area is 157 Å². The number of hydrogen-bond donors (Lipinski definition) is 1. The summed E-state index contributed by atoms with van der Waals surface area (Å²) < 4.78 is 5.38. The van der Waals surface area contributed by atoms with E-state index in [4.69, 9.17) is 4.74 Å². The lowest BCUT2D eigenvalue weighted by molar-refractivity contribution is -0.146. The molecule has 0 aromatic heterocycles. The van der Waals surface area contributed by atoms with Gasteiger partial charge in [-0.25, -0.2) is 0 Å². The van der Waals surface area contributed by atoms with E-state index in [0.29, 0.717) is 12.5 Å². The molecule has 1 aliphatic heterocycles. The molecule has 3 nitrogen and oxygen atoms in total. The number of cyclic esters (lactones) is 1. The molecule has 0 amide bonds. The van der Waals surface area contributed by atoms with Gasteiger partial charge in [0.25, 0.3) is 0 Å². The standard InChI is InChI=1S/C23H31NO2/c1-17-13-20-16-26-22(25)23(20,14-17)15-19-8-10-21(11-9-19)24-12-4-7-18-5-2-3-6-18/h8-11,18,20,24H,1-7,12-16H2/t20-,23+/m1/s1. The van der Waals surface area contributed by atoms with E-state index in [-0.39, 0.29) is 11.4 Å². The van der Waals surface area contributed by atoms with Crippen molar-refractivity contribution in [2.45, 2.75) is 57.8 Å². The average Bonchev–Trinajstić information content (AvgIpc) is 3.32. The Balaban J connectivity index is 1.30. The molecule has 2 atom stereocenters. The first-order chi connectivity index (χ1) is 12.7. The average molecular weight is 354 g/mol. The first-order valence-electron chi connectivity index (χ1n) is 10.3. The highest BCUT2D eigenvalue weighted by Crippen LogP contribution is 2.52. The molecule has 0 spiro atoms. The highest BCUT2D eigenvalue weighted by Gasteiger charge is 2.55. The number of nitrogens with one attached hydrogen (secondary N) is 1. The van der Waals surface area contributed by atoms with E-state index >= 15 is 0 Å². The van der Waals surface area contributed by atoms with Gasteiger partial charge < -0.3 is 10.1 Å². The number of ether oxygens (including phenoxy) is 1. The largest absolute Gasteiger partial charge is 0.465 e. The van der Waals surface area contributed by atoms with Crippen molar-refractivity contribution in [1.29, 1.82) is 0 Å². The molecule has 0 unspecified atom stereocenters. The van der Waals surface area contributed by atoms with Gasteiger partial charge in [0.15, 0.2) is 0 Å². The van der Waals surface area contributed by atoms with Crippen LogP contribution in [0.3, 0.4) is 0 Å². The Bertz CT molecular complexity index is 659. The second-order valence-electron chi connectivity index (χ2n) is 8.68. The van der Waals surface area contributed by atoms with Gasteiger partial charge >= 0.3 is 5.97 Å². The van der Waals surface area contributed by atoms with Crippen molar-refractivity contribution >= 4 is 11.7 Å². The summed E-state index contributed by atoms with van der Waals surface area (Å²) in [7, 11) is 0. The van der Waals surface area contributed by atoms with Crippen LogP contribution in [0.5, 0.6) is 0 Å². The summed E-state index contributed by atoms with van der Waals surface area (Å²) in [5.41, 5.74) is 3.25. The normalized spacial score (nSPS) is 28.4. The first kappa shape index (κ1) is 17.6. The van der Waals surface area contributed by atoms with Crippen LogP contribution in [-0.2, 0) is 16.0 Å². The van der Waals surface area contributed by atoms with Gasteiger partial charge in [0.2, 0.25) is 0 Å². The molecule has 1 aromatic rings. The maximum absolute atomic E-state index is 12.4. The van der Waals surface area contributed by atoms with E-state index < -0.39 is 0 Å². The second-order valence-corrected chi connectivity index (χ2v) is 8.68. The van der Waals surface area contributed by atoms with E-state index in [9.17, 15) is 4.79 Å². The monoisotopic (exact) mass is 353 g/mol. The van der Waals surface area contributed by atoms with Crippen LogP contribution in [0.15, 0.2) is 36.4 Å². The molecule has 140 valence electrons. The molecule has 3 aliphatic rings. The van der Waals surface area contributed by atoms with Gasteiger partial charge in [-0.3, -0.25) is 4.79 Å². The molecule has 1 N–H and O–H groups in total. The number of carbonyl (C=O) groups excluding carboxylic acids is 1. The first-order valence-corrected chi connectivity index (χ1v) is 10.3. The molecular formula is C23H31NO2. The van der Waals surface area contributed by atoms with Crippen LogP contribution in [0.2, 0.25) is 0 Å². The van der Waals surface area contributed by atoms with Crippen LogP contribution >= 0.6 is 0 Å². The number of allylic oxidation sites excluding steroid dienone is 1. The summed E-state index contributed by atoms with van der Waals surface area (Å²) in [6.07, 6.45) is 10.9. The zero-order chi connectivity index (χ0) is 18.0. The van der Waals surface area contributed by atoms with Crippen LogP contribution in [-0.4, -0.2) is 19.1 Å². The van der Waals surface area contributed by atoms with Gasteiger partial charge in [-0.2, -0.15) is 0 Å². The summed E-state index contributed by atoms with van der Waals surface area (Å²) in [5, 5.41) is 3.54. The predicted molar refractivity (Wildman–Crippen MR) is 105 cm³/mol. The molecule has 26 heavy (non-hydrogen) atoms. The van der Waals surface area contributed by atoms with E-state index in [1.165, 1.54) is 55.3 Å². The lowest BCUT2D eigenvalue weighted by Crippen LogP contribution is -2.31. The van der Waals surface area contributed by atoms with Crippen LogP contribution in [0.25, 0.3) is 0 Å². The number of rotatable bonds is 7. The third-order valence-corrected chi connectivity index (χ3v) is 6.77. The van der Waals surface area contributed by atoms with E-state index in [0.717, 1.165) is 31.7 Å². The van der Waals surface area contributed by atoms with Crippen molar-refractivity contribution in [1.82, 2.24) is 0 Å². The highest BCUT2D eigenvalue weighted by molar-refractivity contribution is 5.81. The Hall–Kier alpha value is -1.77. The Morgan fingerprint density at radius 3 is 2.73 bits per heavy atom. The van der Waals surface area contributed by atoms with E-state index in [1.807, 2.05) is 0 Å². The zero-order valence-corrected chi connectivity index (χ0v) is 15.8. The maximum atomic E-state index is 12.4. The Morgan fingerprint density at radius 1 is 1.19 bits per heavy atom. The van der Waals surface area contributed by atoms with Crippen molar-refractivity contribution in [3.05, 3.63) is 42.0 Å². The minimum atomic E-state index is -0.354. The van der Waals surface area contributed by atoms with Crippen molar-refractivity contribution in [3.8, 4) is 0 Å². The maximum Gasteiger partial charge on any atom is 0.313 e. The fourth-order valence-corrected chi connectivity index (χ4v) is 5.29. The Morgan fingerprint density at radius 2 is 1.96 bits per heavy atom. The quantitative estimate of drug-likeness (QED) is 0.420. The van der Waals surface area contributed by atoms with Crippen LogP contribution < -0.4 is 5.32 Å². The number of hydrogen-bond acceptors (Lipinski definition) is 3. The highest BCUT2D eigenvalue weighted by atomic mass is 16.5. The number of benzene rings is 1. The van der Waals surface area contributed by atoms with Gasteiger partial charge in [0.1, 0.15) is 0 Å².